The van der Waals surface area contributed by atoms with Gasteiger partial charge in [-0.15, -0.1) is 0 Å². The van der Waals surface area contributed by atoms with Crippen molar-refractivity contribution >= 4 is 58.0 Å². The highest BCUT2D eigenvalue weighted by molar-refractivity contribution is 7.99. The molecule has 0 radical (unpaired) electrons. The lowest BCUT2D eigenvalue weighted by molar-refractivity contribution is 1.06. The Morgan fingerprint density at radius 3 is 2.32 bits per heavy atom. The summed E-state index contributed by atoms with van der Waals surface area (Å²) in [4.78, 5) is 9.59. The van der Waals surface area contributed by atoms with Crippen molar-refractivity contribution in [2.24, 2.45) is 4.99 Å². The van der Waals surface area contributed by atoms with Crippen LogP contribution in [0, 0.1) is 0 Å². The topological polar surface area (TPSA) is 25.2 Å². The summed E-state index contributed by atoms with van der Waals surface area (Å²) in [5.74, 6) is 0. The molecule has 0 aliphatic rings. The number of hydrogen-bond acceptors (Lipinski definition) is 4. The molecule has 22 heavy (non-hydrogen) atoms. The van der Waals surface area contributed by atoms with E-state index in [-0.39, 0.29) is 0 Å². The molecule has 6 heteroatoms. The van der Waals surface area contributed by atoms with Crippen LogP contribution in [0.15, 0.2) is 39.3 Å². The molecule has 0 N–H and O–H groups in total. The molecular formula is C16H14Cl2N2S2. The van der Waals surface area contributed by atoms with Crippen molar-refractivity contribution in [2.45, 2.75) is 36.6 Å². The van der Waals surface area contributed by atoms with E-state index in [9.17, 15) is 0 Å². The Hall–Kier alpha value is -0.900. The summed E-state index contributed by atoms with van der Waals surface area (Å²) in [6, 6.07) is 5.90. The number of halogens is 2. The highest BCUT2D eigenvalue weighted by Gasteiger charge is 2.11. The average Bonchev–Trinajstić information content (AvgIpc) is 2.51. The van der Waals surface area contributed by atoms with E-state index in [1.807, 2.05) is 0 Å². The van der Waals surface area contributed by atoms with Gasteiger partial charge in [-0.1, -0.05) is 48.8 Å². The van der Waals surface area contributed by atoms with Crippen molar-refractivity contribution in [3.05, 3.63) is 45.6 Å². The maximum Gasteiger partial charge on any atom is 0.119 e. The zero-order chi connectivity index (χ0) is 16.1. The van der Waals surface area contributed by atoms with E-state index in [1.165, 1.54) is 11.8 Å². The van der Waals surface area contributed by atoms with Crippen molar-refractivity contribution in [3.8, 4) is 0 Å². The molecule has 0 spiro atoms. The van der Waals surface area contributed by atoms with Crippen LogP contribution in [0.25, 0.3) is 0 Å². The SMILES string of the molecule is CCc1cc(Sc2ncc(Cl)cc2Cl)cc(CC)c1N=C=S. The maximum absolute atomic E-state index is 6.20. The molecule has 0 saturated heterocycles. The minimum atomic E-state index is 0.531. The van der Waals surface area contributed by atoms with E-state index in [0.717, 1.165) is 39.6 Å². The minimum absolute atomic E-state index is 0.531. The Morgan fingerprint density at radius 2 is 1.82 bits per heavy atom. The molecule has 1 aromatic heterocycles. The van der Waals surface area contributed by atoms with Gasteiger partial charge in [-0.3, -0.25) is 0 Å². The lowest BCUT2D eigenvalue weighted by atomic mass is 10.0. The molecule has 0 aliphatic carbocycles. The quantitative estimate of drug-likeness (QED) is 0.450. The molecule has 0 unspecified atom stereocenters. The molecule has 1 aromatic carbocycles. The van der Waals surface area contributed by atoms with E-state index in [2.05, 4.69) is 41.1 Å². The minimum Gasteiger partial charge on any atom is -0.246 e. The van der Waals surface area contributed by atoms with Crippen LogP contribution in [-0.2, 0) is 12.8 Å². The zero-order valence-corrected chi connectivity index (χ0v) is 15.3. The van der Waals surface area contributed by atoms with Crippen molar-refractivity contribution in [3.63, 3.8) is 0 Å². The van der Waals surface area contributed by atoms with Crippen LogP contribution in [0.3, 0.4) is 0 Å². The van der Waals surface area contributed by atoms with Crippen LogP contribution in [0.5, 0.6) is 0 Å². The first-order valence-electron chi connectivity index (χ1n) is 6.81. The highest BCUT2D eigenvalue weighted by Crippen LogP contribution is 2.37. The number of pyridine rings is 1. The molecule has 0 fully saturated rings. The fourth-order valence-corrected chi connectivity index (χ4v) is 3.58. The van der Waals surface area contributed by atoms with Crippen LogP contribution in [-0.4, -0.2) is 10.1 Å². The van der Waals surface area contributed by atoms with Gasteiger partial charge in [0.25, 0.3) is 0 Å². The van der Waals surface area contributed by atoms with Crippen LogP contribution in [0.2, 0.25) is 10.0 Å². The first kappa shape index (κ1) is 17.5. The number of hydrogen-bond donors (Lipinski definition) is 0. The Labute approximate surface area is 150 Å². The second kappa shape index (κ2) is 8.09. The maximum atomic E-state index is 6.20. The Kier molecular flexibility index (Phi) is 6.42. The van der Waals surface area contributed by atoms with Gasteiger partial charge < -0.3 is 0 Å². The normalized spacial score (nSPS) is 10.4. The molecule has 2 rings (SSSR count). The van der Waals surface area contributed by atoms with Crippen LogP contribution in [0.4, 0.5) is 5.69 Å². The van der Waals surface area contributed by atoms with Gasteiger partial charge >= 0.3 is 0 Å². The van der Waals surface area contributed by atoms with Gasteiger partial charge in [-0.25, -0.2) is 4.98 Å². The number of aliphatic imine (C=N–C) groups is 1. The number of nitrogens with zero attached hydrogens (tertiary/aromatic N) is 2. The van der Waals surface area contributed by atoms with E-state index in [4.69, 9.17) is 35.4 Å². The molecule has 0 saturated carbocycles. The standard InChI is InChI=1S/C16H14Cl2N2S2/c1-3-10-5-13(6-11(4-2)15(10)20-9-21)22-16-14(18)7-12(17)8-19-16/h5-8H,3-4H2,1-2H3. The van der Waals surface area contributed by atoms with E-state index in [0.29, 0.717) is 10.0 Å². The highest BCUT2D eigenvalue weighted by atomic mass is 35.5. The third-order valence-corrected chi connectivity index (χ3v) is 4.84. The lowest BCUT2D eigenvalue weighted by Crippen LogP contribution is -1.91. The Balaban J connectivity index is 2.45. The third kappa shape index (κ3) is 4.09. The fraction of sp³-hybridized carbons (Fsp3) is 0.250. The second-order valence-corrected chi connectivity index (χ2v) is 6.63. The summed E-state index contributed by atoms with van der Waals surface area (Å²) in [5.41, 5.74) is 3.22. The average molecular weight is 369 g/mol. The van der Waals surface area contributed by atoms with Crippen molar-refractivity contribution in [1.82, 2.24) is 4.98 Å². The molecule has 0 bridgehead atoms. The van der Waals surface area contributed by atoms with Crippen molar-refractivity contribution in [1.29, 1.82) is 0 Å². The first-order valence-corrected chi connectivity index (χ1v) is 8.79. The molecule has 1 heterocycles. The summed E-state index contributed by atoms with van der Waals surface area (Å²) in [5, 5.41) is 4.29. The summed E-state index contributed by atoms with van der Waals surface area (Å²) in [6.45, 7) is 4.19. The predicted molar refractivity (Wildman–Crippen MR) is 98.3 cm³/mol. The van der Waals surface area contributed by atoms with Gasteiger partial charge in [-0.05, 0) is 54.4 Å². The predicted octanol–water partition coefficient (Wildman–Crippen LogP) is 6.40. The van der Waals surface area contributed by atoms with Gasteiger partial charge in [-0.2, -0.15) is 4.99 Å². The lowest BCUT2D eigenvalue weighted by Gasteiger charge is -2.11. The third-order valence-electron chi connectivity index (χ3n) is 3.15. The number of rotatable bonds is 5. The summed E-state index contributed by atoms with van der Waals surface area (Å²) < 4.78 is 0. The van der Waals surface area contributed by atoms with E-state index < -0.39 is 0 Å². The van der Waals surface area contributed by atoms with Gasteiger partial charge in [0.2, 0.25) is 0 Å². The molecule has 2 nitrogen and oxygen atoms in total. The Morgan fingerprint density at radius 1 is 1.18 bits per heavy atom. The molecule has 0 aliphatic heterocycles. The second-order valence-electron chi connectivity index (χ2n) is 4.54. The smallest absolute Gasteiger partial charge is 0.119 e. The molecule has 0 atom stereocenters. The molecule has 114 valence electrons. The number of aryl methyl sites for hydroxylation is 2. The fourth-order valence-electron chi connectivity index (χ4n) is 2.10. The van der Waals surface area contributed by atoms with Gasteiger partial charge in [0.05, 0.1) is 20.9 Å². The van der Waals surface area contributed by atoms with Crippen molar-refractivity contribution in [2.75, 3.05) is 0 Å². The van der Waals surface area contributed by atoms with Gasteiger partial charge in [0.1, 0.15) is 5.03 Å². The molecule has 2 aromatic rings. The Bertz CT molecular complexity index is 716. The monoisotopic (exact) mass is 368 g/mol. The van der Waals surface area contributed by atoms with Crippen LogP contribution >= 0.6 is 47.2 Å². The molecule has 0 amide bonds. The summed E-state index contributed by atoms with van der Waals surface area (Å²) >= 11 is 18.4. The van der Waals surface area contributed by atoms with Crippen LogP contribution < -0.4 is 0 Å². The van der Waals surface area contributed by atoms with Crippen molar-refractivity contribution < 1.29 is 0 Å². The molecular weight excluding hydrogens is 355 g/mol. The van der Waals surface area contributed by atoms with Crippen LogP contribution in [0.1, 0.15) is 25.0 Å². The van der Waals surface area contributed by atoms with Gasteiger partial charge in [0, 0.05) is 11.1 Å². The number of benzene rings is 1. The number of thiocarbonyl (C=S) groups is 1. The summed E-state index contributed by atoms with van der Waals surface area (Å²) in [7, 11) is 0. The largest absolute Gasteiger partial charge is 0.246 e. The van der Waals surface area contributed by atoms with E-state index >= 15 is 0 Å². The van der Waals surface area contributed by atoms with E-state index in [1.54, 1.807) is 12.3 Å². The summed E-state index contributed by atoms with van der Waals surface area (Å²) in [6.07, 6.45) is 3.35. The number of isothiocyanates is 1. The van der Waals surface area contributed by atoms with Gasteiger partial charge in [0.15, 0.2) is 0 Å². The zero-order valence-electron chi connectivity index (χ0n) is 12.2. The first-order chi connectivity index (χ1) is 10.6. The number of aromatic nitrogens is 1.